The van der Waals surface area contributed by atoms with Gasteiger partial charge in [0, 0.05) is 16.9 Å². The number of aromatic nitrogens is 1. The third-order valence-corrected chi connectivity index (χ3v) is 3.39. The summed E-state index contributed by atoms with van der Waals surface area (Å²) in [4.78, 5) is 44.8. The molecule has 1 unspecified atom stereocenters. The topological polar surface area (TPSA) is 126 Å². The van der Waals surface area contributed by atoms with E-state index in [0.717, 1.165) is 4.57 Å². The van der Waals surface area contributed by atoms with E-state index < -0.39 is 34.3 Å². The largest absolute Gasteiger partial charge is 0.507 e. The predicted octanol–water partition coefficient (Wildman–Crippen LogP) is 0.206. The number of hydrogen-bond acceptors (Lipinski definition) is 5. The fourth-order valence-electron chi connectivity index (χ4n) is 2.38. The maximum Gasteiger partial charge on any atom is 0.329 e. The van der Waals surface area contributed by atoms with E-state index in [-0.39, 0.29) is 18.5 Å². The second kappa shape index (κ2) is 4.01. The summed E-state index contributed by atoms with van der Waals surface area (Å²) in [7, 11) is 0. The molecule has 0 radical (unpaired) electrons. The van der Waals surface area contributed by atoms with E-state index in [0.29, 0.717) is 6.07 Å². The number of fused-ring (bicyclic) bond motifs is 1. The van der Waals surface area contributed by atoms with Gasteiger partial charge < -0.3 is 10.2 Å². The molecule has 2 heterocycles. The van der Waals surface area contributed by atoms with Crippen LogP contribution in [0.4, 0.5) is 0 Å². The number of carboxylic acid groups (broad SMARTS) is 1. The molecule has 19 heavy (non-hydrogen) atoms. The lowest BCUT2D eigenvalue weighted by molar-refractivity contribution is -0.146. The number of hydrogen-bond donors (Lipinski definition) is 2. The number of rotatable bonds is 2. The SMILES string of the molecule is CC1(C(=O)O)CCc2c(C(=O)N=O)c(O)cc(=O)n21. The van der Waals surface area contributed by atoms with Gasteiger partial charge in [-0.3, -0.25) is 14.2 Å². The summed E-state index contributed by atoms with van der Waals surface area (Å²) >= 11 is 0. The Bertz CT molecular complexity index is 662. The summed E-state index contributed by atoms with van der Waals surface area (Å²) in [6.45, 7) is 1.34. The molecule has 0 aliphatic carbocycles. The van der Waals surface area contributed by atoms with E-state index in [1.54, 1.807) is 0 Å². The number of carboxylic acids is 1. The number of nitroso groups, excluding NO2 is 1. The minimum absolute atomic E-state index is 0.0273. The van der Waals surface area contributed by atoms with Gasteiger partial charge in [-0.1, -0.05) is 0 Å². The fourth-order valence-corrected chi connectivity index (χ4v) is 2.38. The molecular formula is C11H10N2O6. The molecule has 1 aliphatic rings. The molecular weight excluding hydrogens is 256 g/mol. The molecule has 0 spiro atoms. The Balaban J connectivity index is 2.83. The molecule has 0 fully saturated rings. The summed E-state index contributed by atoms with van der Waals surface area (Å²) in [5.41, 5.74) is -2.62. The molecule has 1 aromatic heterocycles. The van der Waals surface area contributed by atoms with Crippen LogP contribution in [-0.4, -0.2) is 26.7 Å². The van der Waals surface area contributed by atoms with Crippen LogP contribution >= 0.6 is 0 Å². The molecule has 8 heteroatoms. The molecule has 1 atom stereocenters. The zero-order chi connectivity index (χ0) is 14.4. The van der Waals surface area contributed by atoms with Crippen LogP contribution in [0.15, 0.2) is 16.0 Å². The van der Waals surface area contributed by atoms with E-state index in [1.165, 1.54) is 6.92 Å². The third-order valence-electron chi connectivity index (χ3n) is 3.39. The molecule has 1 aliphatic heterocycles. The number of amides is 1. The first kappa shape index (κ1) is 12.9. The van der Waals surface area contributed by atoms with Crippen LogP contribution in [0, 0.1) is 4.91 Å². The molecule has 8 nitrogen and oxygen atoms in total. The minimum Gasteiger partial charge on any atom is -0.507 e. The van der Waals surface area contributed by atoms with Crippen LogP contribution in [-0.2, 0) is 16.8 Å². The standard InChI is InChI=1S/C11H10N2O6/c1-11(10(17)18)3-2-5-8(9(16)12-19)6(14)4-7(15)13(5)11/h4,14H,2-3H2,1H3,(H,17,18). The molecule has 0 bridgehead atoms. The monoisotopic (exact) mass is 266 g/mol. The van der Waals surface area contributed by atoms with Crippen molar-refractivity contribution in [2.24, 2.45) is 5.18 Å². The van der Waals surface area contributed by atoms with Crippen molar-refractivity contribution in [3.05, 3.63) is 32.6 Å². The van der Waals surface area contributed by atoms with E-state index in [2.05, 4.69) is 5.18 Å². The van der Waals surface area contributed by atoms with Gasteiger partial charge in [-0.2, -0.15) is 0 Å². The van der Waals surface area contributed by atoms with Crippen LogP contribution in [0.5, 0.6) is 5.75 Å². The average molecular weight is 266 g/mol. The van der Waals surface area contributed by atoms with Crippen molar-refractivity contribution in [2.75, 3.05) is 0 Å². The molecule has 0 aromatic carbocycles. The van der Waals surface area contributed by atoms with Gasteiger partial charge in [0.1, 0.15) is 16.9 Å². The lowest BCUT2D eigenvalue weighted by Crippen LogP contribution is -2.42. The van der Waals surface area contributed by atoms with Crippen LogP contribution in [0.1, 0.15) is 29.4 Å². The molecule has 1 amide bonds. The molecule has 2 N–H and O–H groups in total. The van der Waals surface area contributed by atoms with Gasteiger partial charge in [0.25, 0.3) is 5.56 Å². The van der Waals surface area contributed by atoms with Gasteiger partial charge in [0.2, 0.25) is 0 Å². The van der Waals surface area contributed by atoms with Crippen molar-refractivity contribution in [1.82, 2.24) is 4.57 Å². The van der Waals surface area contributed by atoms with Crippen LogP contribution in [0.3, 0.4) is 0 Å². The minimum atomic E-state index is -1.50. The highest BCUT2D eigenvalue weighted by atomic mass is 16.4. The molecule has 1 aromatic rings. The summed E-state index contributed by atoms with van der Waals surface area (Å²) in [5, 5.41) is 21.0. The van der Waals surface area contributed by atoms with Gasteiger partial charge in [-0.05, 0) is 19.8 Å². The van der Waals surface area contributed by atoms with Crippen molar-refractivity contribution in [1.29, 1.82) is 0 Å². The van der Waals surface area contributed by atoms with Gasteiger partial charge in [-0.15, -0.1) is 4.91 Å². The summed E-state index contributed by atoms with van der Waals surface area (Å²) < 4.78 is 0.924. The number of carbonyl (C=O) groups excluding carboxylic acids is 1. The smallest absolute Gasteiger partial charge is 0.329 e. The quantitative estimate of drug-likeness (QED) is 0.736. The van der Waals surface area contributed by atoms with Crippen molar-refractivity contribution in [3.8, 4) is 5.75 Å². The van der Waals surface area contributed by atoms with Crippen molar-refractivity contribution in [3.63, 3.8) is 0 Å². The van der Waals surface area contributed by atoms with Crippen molar-refractivity contribution in [2.45, 2.75) is 25.3 Å². The normalized spacial score (nSPS) is 20.9. The second-order valence-electron chi connectivity index (χ2n) is 4.50. The zero-order valence-corrected chi connectivity index (χ0v) is 9.91. The highest BCUT2D eigenvalue weighted by Crippen LogP contribution is 2.35. The van der Waals surface area contributed by atoms with Crippen molar-refractivity contribution < 1.29 is 19.8 Å². The van der Waals surface area contributed by atoms with E-state index in [9.17, 15) is 29.5 Å². The number of nitrogens with zero attached hydrogens (tertiary/aromatic N) is 2. The van der Waals surface area contributed by atoms with Gasteiger partial charge in [-0.25, -0.2) is 4.79 Å². The lowest BCUT2D eigenvalue weighted by atomic mass is 10.00. The fraction of sp³-hybridized carbons (Fsp3) is 0.364. The Morgan fingerprint density at radius 1 is 1.47 bits per heavy atom. The number of aromatic hydroxyl groups is 1. The van der Waals surface area contributed by atoms with Crippen LogP contribution < -0.4 is 5.56 Å². The Morgan fingerprint density at radius 3 is 2.63 bits per heavy atom. The summed E-state index contributed by atoms with van der Waals surface area (Å²) in [5.74, 6) is -3.11. The number of aliphatic carboxylic acids is 1. The lowest BCUT2D eigenvalue weighted by Gasteiger charge is -2.22. The Labute approximate surface area is 106 Å². The maximum absolute atomic E-state index is 11.8. The first-order valence-corrected chi connectivity index (χ1v) is 5.42. The Hall–Kier alpha value is -2.51. The average Bonchev–Trinajstić information content (AvgIpc) is 2.68. The highest BCUT2D eigenvalue weighted by molar-refractivity contribution is 5.98. The van der Waals surface area contributed by atoms with Gasteiger partial charge >= 0.3 is 11.9 Å². The second-order valence-corrected chi connectivity index (χ2v) is 4.50. The number of carbonyl (C=O) groups is 2. The van der Waals surface area contributed by atoms with Gasteiger partial charge in [0.15, 0.2) is 0 Å². The molecule has 0 saturated heterocycles. The Kier molecular flexibility index (Phi) is 2.73. The first-order chi connectivity index (χ1) is 8.82. The van der Waals surface area contributed by atoms with Gasteiger partial charge in [0.05, 0.1) is 0 Å². The molecule has 0 saturated carbocycles. The number of pyridine rings is 1. The predicted molar refractivity (Wildman–Crippen MR) is 62.1 cm³/mol. The molecule has 2 rings (SSSR count). The van der Waals surface area contributed by atoms with Crippen molar-refractivity contribution >= 4 is 11.9 Å². The Morgan fingerprint density at radius 2 is 2.11 bits per heavy atom. The van der Waals surface area contributed by atoms with Crippen LogP contribution in [0.25, 0.3) is 0 Å². The van der Waals surface area contributed by atoms with E-state index in [4.69, 9.17) is 0 Å². The highest BCUT2D eigenvalue weighted by Gasteiger charge is 2.44. The molecule has 100 valence electrons. The third kappa shape index (κ3) is 1.64. The maximum atomic E-state index is 11.8. The summed E-state index contributed by atoms with van der Waals surface area (Å²) in [6, 6.07) is 0.717. The van der Waals surface area contributed by atoms with Crippen LogP contribution in [0.2, 0.25) is 0 Å². The van der Waals surface area contributed by atoms with E-state index >= 15 is 0 Å². The zero-order valence-electron chi connectivity index (χ0n) is 9.91. The summed E-state index contributed by atoms with van der Waals surface area (Å²) in [6.07, 6.45) is 0.170. The van der Waals surface area contributed by atoms with E-state index in [1.807, 2.05) is 0 Å². The first-order valence-electron chi connectivity index (χ1n) is 5.42.